The molecule has 166 valence electrons. The van der Waals surface area contributed by atoms with Crippen LogP contribution in [-0.4, -0.2) is 82.7 Å². The van der Waals surface area contributed by atoms with Crippen molar-refractivity contribution in [3.8, 4) is 0 Å². The van der Waals surface area contributed by atoms with Gasteiger partial charge in [-0.25, -0.2) is 4.79 Å². The molecule has 1 aromatic heterocycles. The Morgan fingerprint density at radius 3 is 2.67 bits per heavy atom. The fraction of sp³-hybridized carbons (Fsp3) is 0.773. The van der Waals surface area contributed by atoms with E-state index in [9.17, 15) is 9.59 Å². The Bertz CT molecular complexity index is 771. The third kappa shape index (κ3) is 4.19. The lowest BCUT2D eigenvalue weighted by Crippen LogP contribution is -2.49. The number of carbonyl (C=O) groups is 2. The van der Waals surface area contributed by atoms with Gasteiger partial charge in [0.05, 0.1) is 11.6 Å². The van der Waals surface area contributed by atoms with Gasteiger partial charge >= 0.3 is 6.03 Å². The van der Waals surface area contributed by atoms with E-state index in [0.717, 1.165) is 57.4 Å². The van der Waals surface area contributed by atoms with E-state index in [1.165, 1.54) is 12.8 Å². The third-order valence-corrected chi connectivity index (χ3v) is 7.22. The molecule has 0 bridgehead atoms. The minimum atomic E-state index is -0.409. The molecule has 30 heavy (non-hydrogen) atoms. The number of fused-ring (bicyclic) bond motifs is 1. The molecule has 0 unspecified atom stereocenters. The summed E-state index contributed by atoms with van der Waals surface area (Å²) >= 11 is 0. The molecule has 8 heteroatoms. The van der Waals surface area contributed by atoms with Gasteiger partial charge in [-0.1, -0.05) is 12.8 Å². The van der Waals surface area contributed by atoms with Gasteiger partial charge in [-0.15, -0.1) is 0 Å². The number of aromatic nitrogens is 2. The summed E-state index contributed by atoms with van der Waals surface area (Å²) in [5.74, 6) is 0.361. The number of rotatable bonds is 4. The van der Waals surface area contributed by atoms with Crippen molar-refractivity contribution >= 4 is 11.9 Å². The summed E-state index contributed by atoms with van der Waals surface area (Å²) in [6.07, 6.45) is 10.2. The van der Waals surface area contributed by atoms with Crippen LogP contribution < -0.4 is 5.32 Å². The molecule has 2 saturated heterocycles. The maximum atomic E-state index is 13.4. The number of urea groups is 1. The maximum absolute atomic E-state index is 13.4. The highest BCUT2D eigenvalue weighted by molar-refractivity contribution is 5.84. The molecule has 0 radical (unpaired) electrons. The first-order valence-electron chi connectivity index (χ1n) is 11.3. The smallest absolute Gasteiger partial charge is 0.317 e. The lowest BCUT2D eigenvalue weighted by atomic mass is 9.74. The van der Waals surface area contributed by atoms with Gasteiger partial charge in [0.15, 0.2) is 0 Å². The number of hydrogen-bond donors (Lipinski definition) is 1. The Balaban J connectivity index is 1.50. The molecule has 0 aromatic carbocycles. The molecule has 3 aliphatic rings. The number of nitrogens with zero attached hydrogens (tertiary/aromatic N) is 5. The molecule has 3 amide bonds. The SMILES string of the molecule is CN(C)C(=O)[C@]12CCCN(C(=O)NC3CCCC3)C[C@H]1CN(Cc1cnn(C)c1)C2. The van der Waals surface area contributed by atoms with E-state index in [-0.39, 0.29) is 17.9 Å². The van der Waals surface area contributed by atoms with Crippen LogP contribution in [0.4, 0.5) is 4.79 Å². The van der Waals surface area contributed by atoms with Crippen LogP contribution in [0, 0.1) is 11.3 Å². The highest BCUT2D eigenvalue weighted by Gasteiger charge is 2.53. The summed E-state index contributed by atoms with van der Waals surface area (Å²) in [5.41, 5.74) is 0.755. The second-order valence-electron chi connectivity index (χ2n) is 9.72. The van der Waals surface area contributed by atoms with Gasteiger partial charge in [0.1, 0.15) is 0 Å². The van der Waals surface area contributed by atoms with E-state index < -0.39 is 5.41 Å². The standard InChI is InChI=1S/C22H36N6O2/c1-25(2)20(29)22-9-6-10-28(21(30)24-19-7-4-5-8-19)15-18(22)14-27(16-22)13-17-11-23-26(3)12-17/h11-12,18-19H,4-10,13-16H2,1-3H3,(H,24,30)/t18-,22+/m1/s1. The molecule has 2 aliphatic heterocycles. The van der Waals surface area contributed by atoms with Gasteiger partial charge in [0.25, 0.3) is 0 Å². The van der Waals surface area contributed by atoms with Crippen molar-refractivity contribution in [3.63, 3.8) is 0 Å². The maximum Gasteiger partial charge on any atom is 0.317 e. The lowest BCUT2D eigenvalue weighted by molar-refractivity contribution is -0.141. The van der Waals surface area contributed by atoms with E-state index in [1.54, 1.807) is 4.90 Å². The Kier molecular flexibility index (Phi) is 6.04. The molecule has 8 nitrogen and oxygen atoms in total. The molecule has 0 spiro atoms. The summed E-state index contributed by atoms with van der Waals surface area (Å²) in [4.78, 5) is 32.4. The van der Waals surface area contributed by atoms with E-state index in [0.29, 0.717) is 12.6 Å². The number of carbonyl (C=O) groups excluding carboxylic acids is 2. The van der Waals surface area contributed by atoms with Crippen LogP contribution >= 0.6 is 0 Å². The van der Waals surface area contributed by atoms with Crippen molar-refractivity contribution < 1.29 is 9.59 Å². The van der Waals surface area contributed by atoms with Crippen LogP contribution in [-0.2, 0) is 18.4 Å². The zero-order valence-electron chi connectivity index (χ0n) is 18.6. The molecule has 1 saturated carbocycles. The minimum absolute atomic E-state index is 0.0562. The Morgan fingerprint density at radius 1 is 1.23 bits per heavy atom. The largest absolute Gasteiger partial charge is 0.348 e. The topological polar surface area (TPSA) is 73.7 Å². The molecule has 3 fully saturated rings. The van der Waals surface area contributed by atoms with Crippen LogP contribution in [0.3, 0.4) is 0 Å². The summed E-state index contributed by atoms with van der Waals surface area (Å²) in [5, 5.41) is 7.52. The molecule has 4 rings (SSSR count). The van der Waals surface area contributed by atoms with Crippen molar-refractivity contribution in [3.05, 3.63) is 18.0 Å². The zero-order valence-corrected chi connectivity index (χ0v) is 18.6. The van der Waals surface area contributed by atoms with Crippen molar-refractivity contribution in [2.75, 3.05) is 40.3 Å². The quantitative estimate of drug-likeness (QED) is 0.810. The van der Waals surface area contributed by atoms with E-state index in [2.05, 4.69) is 15.3 Å². The molecule has 2 atom stereocenters. The summed E-state index contributed by atoms with van der Waals surface area (Å²) < 4.78 is 1.82. The number of likely N-dealkylation sites (tertiary alicyclic amines) is 2. The zero-order chi connectivity index (χ0) is 21.3. The summed E-state index contributed by atoms with van der Waals surface area (Å²) in [6.45, 7) is 3.77. The molecular weight excluding hydrogens is 380 g/mol. The summed E-state index contributed by atoms with van der Waals surface area (Å²) in [7, 11) is 5.63. The summed E-state index contributed by atoms with van der Waals surface area (Å²) in [6, 6.07) is 0.375. The van der Waals surface area contributed by atoms with Crippen LogP contribution in [0.5, 0.6) is 0 Å². The number of hydrogen-bond acceptors (Lipinski definition) is 4. The van der Waals surface area contributed by atoms with Gasteiger partial charge in [-0.2, -0.15) is 5.10 Å². The average Bonchev–Trinajstić information content (AvgIpc) is 3.40. The van der Waals surface area contributed by atoms with Crippen molar-refractivity contribution in [2.24, 2.45) is 18.4 Å². The predicted octanol–water partition coefficient (Wildman–Crippen LogP) is 1.67. The number of aryl methyl sites for hydroxylation is 1. The Morgan fingerprint density at radius 2 is 2.00 bits per heavy atom. The normalized spacial score (nSPS) is 27.7. The first kappa shape index (κ1) is 21.2. The van der Waals surface area contributed by atoms with Crippen molar-refractivity contribution in [1.29, 1.82) is 0 Å². The van der Waals surface area contributed by atoms with E-state index in [1.807, 2.05) is 43.1 Å². The predicted molar refractivity (Wildman–Crippen MR) is 115 cm³/mol. The van der Waals surface area contributed by atoms with Crippen molar-refractivity contribution in [1.82, 2.24) is 29.8 Å². The lowest BCUT2D eigenvalue weighted by Gasteiger charge is -2.35. The third-order valence-electron chi connectivity index (χ3n) is 7.22. The minimum Gasteiger partial charge on any atom is -0.348 e. The molecular formula is C22H36N6O2. The van der Waals surface area contributed by atoms with Gasteiger partial charge < -0.3 is 15.1 Å². The first-order valence-corrected chi connectivity index (χ1v) is 11.3. The molecule has 3 heterocycles. The average molecular weight is 417 g/mol. The van der Waals surface area contributed by atoms with E-state index >= 15 is 0 Å². The van der Waals surface area contributed by atoms with Crippen LogP contribution in [0.1, 0.15) is 44.1 Å². The molecule has 1 N–H and O–H groups in total. The highest BCUT2D eigenvalue weighted by atomic mass is 16.2. The van der Waals surface area contributed by atoms with Gasteiger partial charge in [0, 0.05) is 77.6 Å². The van der Waals surface area contributed by atoms with Crippen LogP contribution in [0.15, 0.2) is 12.4 Å². The van der Waals surface area contributed by atoms with Gasteiger partial charge in [-0.05, 0) is 25.7 Å². The van der Waals surface area contributed by atoms with Gasteiger partial charge in [0.2, 0.25) is 5.91 Å². The Labute approximate surface area is 179 Å². The van der Waals surface area contributed by atoms with E-state index in [4.69, 9.17) is 0 Å². The van der Waals surface area contributed by atoms with Crippen molar-refractivity contribution in [2.45, 2.75) is 51.1 Å². The molecule has 1 aromatic rings. The van der Waals surface area contributed by atoms with Crippen LogP contribution in [0.2, 0.25) is 0 Å². The van der Waals surface area contributed by atoms with Gasteiger partial charge in [-0.3, -0.25) is 14.4 Å². The fourth-order valence-corrected chi connectivity index (χ4v) is 5.78. The van der Waals surface area contributed by atoms with Crippen LogP contribution in [0.25, 0.3) is 0 Å². The molecule has 1 aliphatic carbocycles. The second-order valence-corrected chi connectivity index (χ2v) is 9.72. The monoisotopic (exact) mass is 416 g/mol. The fourth-order valence-electron chi connectivity index (χ4n) is 5.78. The highest BCUT2D eigenvalue weighted by Crippen LogP contribution is 2.44. The number of nitrogens with one attached hydrogen (secondary N) is 1. The first-order chi connectivity index (χ1) is 14.4. The number of amides is 3. The Hall–Kier alpha value is -2.09. The second kappa shape index (κ2) is 8.57.